The van der Waals surface area contributed by atoms with Crippen LogP contribution in [0.15, 0.2) is 36.5 Å². The first-order chi connectivity index (χ1) is 16.2. The van der Waals surface area contributed by atoms with Gasteiger partial charge in [0.25, 0.3) is 0 Å². The van der Waals surface area contributed by atoms with Crippen molar-refractivity contribution < 1.29 is 4.39 Å². The van der Waals surface area contributed by atoms with Crippen molar-refractivity contribution in [2.45, 2.75) is 116 Å². The monoisotopic (exact) mass is 449 g/mol. The van der Waals surface area contributed by atoms with Crippen molar-refractivity contribution in [3.63, 3.8) is 0 Å². The molecule has 1 aromatic heterocycles. The lowest BCUT2D eigenvalue weighted by Gasteiger charge is -2.29. The Morgan fingerprint density at radius 1 is 0.727 bits per heavy atom. The molecule has 2 aliphatic carbocycles. The van der Waals surface area contributed by atoms with Crippen molar-refractivity contribution in [2.24, 2.45) is 11.8 Å². The van der Waals surface area contributed by atoms with Crippen LogP contribution in [0.2, 0.25) is 0 Å². The van der Waals surface area contributed by atoms with Crippen molar-refractivity contribution in [1.82, 2.24) is 4.98 Å². The van der Waals surface area contributed by atoms with Crippen molar-refractivity contribution in [3.05, 3.63) is 53.5 Å². The number of aromatic nitrogens is 1. The van der Waals surface area contributed by atoms with Crippen molar-refractivity contribution in [2.75, 3.05) is 0 Å². The number of hydrogen-bond donors (Lipinski definition) is 0. The molecule has 1 heterocycles. The fraction of sp³-hybridized carbons (Fsp3) is 0.645. The first kappa shape index (κ1) is 24.4. The maximum Gasteiger partial charge on any atom is 0.132 e. The first-order valence-electron chi connectivity index (χ1n) is 13.9. The van der Waals surface area contributed by atoms with E-state index in [9.17, 15) is 0 Å². The minimum absolute atomic E-state index is 0.113. The molecule has 0 amide bonds. The van der Waals surface area contributed by atoms with Crippen LogP contribution in [0.5, 0.6) is 0 Å². The average Bonchev–Trinajstić information content (AvgIpc) is 2.85. The molecule has 2 aliphatic rings. The number of pyridine rings is 1. The van der Waals surface area contributed by atoms with Gasteiger partial charge < -0.3 is 0 Å². The summed E-state index contributed by atoms with van der Waals surface area (Å²) in [6.07, 6.45) is 20.4. The molecule has 2 heteroatoms. The van der Waals surface area contributed by atoms with Crippen LogP contribution in [0.1, 0.15) is 127 Å². The van der Waals surface area contributed by atoms with Gasteiger partial charge in [-0.1, -0.05) is 64.5 Å². The lowest BCUT2D eigenvalue weighted by molar-refractivity contribution is 0.302. The summed E-state index contributed by atoms with van der Waals surface area (Å²) < 4.78 is 15.1. The molecular formula is C31H44FN. The molecule has 2 aromatic rings. The van der Waals surface area contributed by atoms with E-state index in [0.717, 1.165) is 17.5 Å². The molecule has 0 spiro atoms. The summed E-state index contributed by atoms with van der Waals surface area (Å²) in [5.74, 6) is 2.85. The van der Waals surface area contributed by atoms with Crippen LogP contribution in [0.4, 0.5) is 4.39 Å². The third kappa shape index (κ3) is 6.46. The van der Waals surface area contributed by atoms with Crippen LogP contribution >= 0.6 is 0 Å². The van der Waals surface area contributed by atoms with Crippen LogP contribution in [0, 0.1) is 17.7 Å². The number of hydrogen-bond acceptors (Lipinski definition) is 1. The Balaban J connectivity index is 1.34. The minimum Gasteiger partial charge on any atom is -0.256 e. The lowest BCUT2D eigenvalue weighted by atomic mass is 9.77. The number of halogens is 1. The highest BCUT2D eigenvalue weighted by molar-refractivity contribution is 5.60. The van der Waals surface area contributed by atoms with Gasteiger partial charge in [-0.2, -0.15) is 0 Å². The quantitative estimate of drug-likeness (QED) is 0.347. The zero-order valence-electron chi connectivity index (χ0n) is 21.0. The number of nitrogens with zero attached hydrogens (tertiary/aromatic N) is 1. The standard InChI is InChI=1S/C31H44FN/c1-3-5-6-8-24-11-13-25(14-12-24)27-17-19-29(30(32)21-27)31-20-18-28(22-33-31)26-15-9-23(7-4-2)10-16-26/h17-26H,3-16H2,1-2H3. The van der Waals surface area contributed by atoms with Gasteiger partial charge in [0.1, 0.15) is 5.82 Å². The van der Waals surface area contributed by atoms with Crippen LogP contribution < -0.4 is 0 Å². The van der Waals surface area contributed by atoms with E-state index < -0.39 is 0 Å². The van der Waals surface area contributed by atoms with Gasteiger partial charge in [0.2, 0.25) is 0 Å². The molecule has 0 saturated heterocycles. The Morgan fingerprint density at radius 2 is 1.36 bits per heavy atom. The molecule has 0 aliphatic heterocycles. The second kappa shape index (κ2) is 12.1. The SMILES string of the molecule is CCCCCC1CCC(c2ccc(-c3ccc(C4CCC(CCC)CC4)cn3)c(F)c2)CC1. The van der Waals surface area contributed by atoms with Gasteiger partial charge in [0.15, 0.2) is 0 Å². The summed E-state index contributed by atoms with van der Waals surface area (Å²) in [4.78, 5) is 4.69. The van der Waals surface area contributed by atoms with Gasteiger partial charge >= 0.3 is 0 Å². The maximum absolute atomic E-state index is 15.1. The fourth-order valence-electron chi connectivity index (χ4n) is 6.46. The summed E-state index contributed by atoms with van der Waals surface area (Å²) in [6.45, 7) is 4.57. The van der Waals surface area contributed by atoms with Gasteiger partial charge in [-0.15, -0.1) is 0 Å². The van der Waals surface area contributed by atoms with E-state index in [1.165, 1.54) is 101 Å². The highest BCUT2D eigenvalue weighted by atomic mass is 19.1. The maximum atomic E-state index is 15.1. The highest BCUT2D eigenvalue weighted by Gasteiger charge is 2.24. The highest BCUT2D eigenvalue weighted by Crippen LogP contribution is 2.40. The molecule has 33 heavy (non-hydrogen) atoms. The summed E-state index contributed by atoms with van der Waals surface area (Å²) in [7, 11) is 0. The molecule has 1 nitrogen and oxygen atoms in total. The van der Waals surface area contributed by atoms with Gasteiger partial charge in [0.05, 0.1) is 5.69 Å². The van der Waals surface area contributed by atoms with Crippen molar-refractivity contribution in [3.8, 4) is 11.3 Å². The molecule has 0 bridgehead atoms. The second-order valence-electron chi connectivity index (χ2n) is 10.9. The van der Waals surface area contributed by atoms with E-state index in [4.69, 9.17) is 0 Å². The van der Waals surface area contributed by atoms with Gasteiger partial charge in [-0.25, -0.2) is 4.39 Å². The van der Waals surface area contributed by atoms with Crippen LogP contribution in [0.3, 0.4) is 0 Å². The third-order valence-corrected chi connectivity index (χ3v) is 8.60. The van der Waals surface area contributed by atoms with E-state index >= 15 is 4.39 Å². The van der Waals surface area contributed by atoms with E-state index in [1.807, 2.05) is 18.3 Å². The molecular weight excluding hydrogens is 405 g/mol. The predicted octanol–water partition coefficient (Wildman–Crippen LogP) is 9.82. The minimum atomic E-state index is -0.113. The van der Waals surface area contributed by atoms with Gasteiger partial charge in [0, 0.05) is 11.8 Å². The second-order valence-corrected chi connectivity index (χ2v) is 10.9. The topological polar surface area (TPSA) is 12.9 Å². The Hall–Kier alpha value is -1.70. The summed E-state index contributed by atoms with van der Waals surface area (Å²) in [6, 6.07) is 10.1. The number of rotatable bonds is 9. The summed E-state index contributed by atoms with van der Waals surface area (Å²) in [5.41, 5.74) is 3.93. The van der Waals surface area contributed by atoms with E-state index in [-0.39, 0.29) is 5.82 Å². The Kier molecular flexibility index (Phi) is 8.98. The predicted molar refractivity (Wildman–Crippen MR) is 138 cm³/mol. The largest absolute Gasteiger partial charge is 0.256 e. The van der Waals surface area contributed by atoms with Crippen LogP contribution in [-0.4, -0.2) is 4.98 Å². The number of benzene rings is 1. The average molecular weight is 450 g/mol. The molecule has 0 N–H and O–H groups in total. The Morgan fingerprint density at radius 3 is 1.94 bits per heavy atom. The summed E-state index contributed by atoms with van der Waals surface area (Å²) in [5, 5.41) is 0. The lowest BCUT2D eigenvalue weighted by Crippen LogP contribution is -2.13. The molecule has 0 atom stereocenters. The molecule has 4 rings (SSSR count). The van der Waals surface area contributed by atoms with Crippen molar-refractivity contribution >= 4 is 0 Å². The third-order valence-electron chi connectivity index (χ3n) is 8.60. The molecule has 180 valence electrons. The van der Waals surface area contributed by atoms with Gasteiger partial charge in [-0.05, 0) is 104 Å². The normalized spacial score (nSPS) is 25.8. The zero-order chi connectivity index (χ0) is 23.0. The van der Waals surface area contributed by atoms with Crippen LogP contribution in [0.25, 0.3) is 11.3 Å². The van der Waals surface area contributed by atoms with E-state index in [2.05, 4.69) is 31.0 Å². The summed E-state index contributed by atoms with van der Waals surface area (Å²) >= 11 is 0. The number of unbranched alkanes of at least 4 members (excludes halogenated alkanes) is 2. The van der Waals surface area contributed by atoms with Crippen LogP contribution in [-0.2, 0) is 0 Å². The first-order valence-corrected chi connectivity index (χ1v) is 13.9. The molecule has 2 fully saturated rings. The smallest absolute Gasteiger partial charge is 0.132 e. The Bertz CT molecular complexity index is 842. The fourth-order valence-corrected chi connectivity index (χ4v) is 6.46. The molecule has 0 radical (unpaired) electrons. The van der Waals surface area contributed by atoms with Gasteiger partial charge in [-0.3, -0.25) is 4.98 Å². The molecule has 0 unspecified atom stereocenters. The van der Waals surface area contributed by atoms with E-state index in [0.29, 0.717) is 17.4 Å². The van der Waals surface area contributed by atoms with Crippen molar-refractivity contribution in [1.29, 1.82) is 0 Å². The van der Waals surface area contributed by atoms with E-state index in [1.54, 1.807) is 6.07 Å². The molecule has 1 aromatic carbocycles. The zero-order valence-corrected chi connectivity index (χ0v) is 21.0. The molecule has 2 saturated carbocycles. The Labute approximate surface area is 201 Å².